The lowest BCUT2D eigenvalue weighted by atomic mass is 10.6. The van der Waals surface area contributed by atoms with Gasteiger partial charge < -0.3 is 14.6 Å². The Balaban J connectivity index is 2.08. The molecule has 0 aliphatic rings. The van der Waals surface area contributed by atoms with Gasteiger partial charge in [-0.2, -0.15) is 19.9 Å². The second kappa shape index (κ2) is 5.23. The zero-order chi connectivity index (χ0) is 13.0. The van der Waals surface area contributed by atoms with Gasteiger partial charge in [0, 0.05) is 6.92 Å². The second-order valence-corrected chi connectivity index (χ2v) is 3.20. The van der Waals surface area contributed by atoms with Gasteiger partial charge in [0.25, 0.3) is 0 Å². The summed E-state index contributed by atoms with van der Waals surface area (Å²) in [4.78, 5) is 15.9. The van der Waals surface area contributed by atoms with E-state index < -0.39 is 0 Å². The molecule has 2 aromatic heterocycles. The van der Waals surface area contributed by atoms with Crippen LogP contribution in [0, 0.1) is 6.92 Å². The van der Waals surface area contributed by atoms with Crippen LogP contribution in [0.25, 0.3) is 0 Å². The molecule has 0 unspecified atom stereocenters. The first-order valence-corrected chi connectivity index (χ1v) is 5.01. The molecule has 0 aliphatic carbocycles. The molecule has 18 heavy (non-hydrogen) atoms. The van der Waals surface area contributed by atoms with E-state index in [2.05, 4.69) is 35.8 Å². The summed E-state index contributed by atoms with van der Waals surface area (Å²) in [6.07, 6.45) is 0. The molecule has 0 radical (unpaired) electrons. The zero-order valence-electron chi connectivity index (χ0n) is 9.84. The zero-order valence-corrected chi connectivity index (χ0v) is 9.84. The number of anilines is 2. The van der Waals surface area contributed by atoms with Gasteiger partial charge in [-0.3, -0.25) is 5.43 Å². The SMILES string of the molecule is COc1nc(NN)nc(NCc2noc(C)n2)n1. The number of nitrogens with one attached hydrogen (secondary N) is 2. The van der Waals surface area contributed by atoms with E-state index in [-0.39, 0.29) is 17.9 Å². The highest BCUT2D eigenvalue weighted by Gasteiger charge is 2.07. The summed E-state index contributed by atoms with van der Waals surface area (Å²) in [6.45, 7) is 2.02. The van der Waals surface area contributed by atoms with Gasteiger partial charge in [-0.15, -0.1) is 0 Å². The first-order valence-electron chi connectivity index (χ1n) is 5.01. The van der Waals surface area contributed by atoms with Gasteiger partial charge in [0.1, 0.15) is 0 Å². The number of hydrogen-bond acceptors (Lipinski definition) is 10. The molecule has 0 bridgehead atoms. The van der Waals surface area contributed by atoms with Gasteiger partial charge in [-0.05, 0) is 0 Å². The predicted molar refractivity (Wildman–Crippen MR) is 60.6 cm³/mol. The average Bonchev–Trinajstić information content (AvgIpc) is 2.81. The summed E-state index contributed by atoms with van der Waals surface area (Å²) in [5.74, 6) is 6.69. The molecule has 0 aromatic carbocycles. The van der Waals surface area contributed by atoms with E-state index in [1.165, 1.54) is 7.11 Å². The minimum Gasteiger partial charge on any atom is -0.467 e. The number of rotatable bonds is 5. The lowest BCUT2D eigenvalue weighted by Crippen LogP contribution is -2.14. The van der Waals surface area contributed by atoms with E-state index in [1.807, 2.05) is 0 Å². The molecular weight excluding hydrogens is 240 g/mol. The van der Waals surface area contributed by atoms with Crippen molar-refractivity contribution in [2.75, 3.05) is 17.9 Å². The summed E-state index contributed by atoms with van der Waals surface area (Å²) < 4.78 is 9.74. The third kappa shape index (κ3) is 2.79. The van der Waals surface area contributed by atoms with Crippen LogP contribution in [0.15, 0.2) is 4.52 Å². The van der Waals surface area contributed by atoms with E-state index in [0.717, 1.165) is 0 Å². The number of nitrogens with zero attached hydrogens (tertiary/aromatic N) is 5. The van der Waals surface area contributed by atoms with Crippen molar-refractivity contribution in [1.29, 1.82) is 0 Å². The largest absolute Gasteiger partial charge is 0.467 e. The summed E-state index contributed by atoms with van der Waals surface area (Å²) in [5, 5.41) is 6.63. The molecular formula is C8H12N8O2. The Kier molecular flexibility index (Phi) is 3.48. The third-order valence-electron chi connectivity index (χ3n) is 1.90. The van der Waals surface area contributed by atoms with E-state index in [4.69, 9.17) is 15.1 Å². The van der Waals surface area contributed by atoms with Gasteiger partial charge in [-0.25, -0.2) is 5.84 Å². The number of nitrogen functional groups attached to an aromatic ring is 1. The van der Waals surface area contributed by atoms with E-state index in [9.17, 15) is 0 Å². The molecule has 2 heterocycles. The maximum absolute atomic E-state index is 5.23. The highest BCUT2D eigenvalue weighted by Crippen LogP contribution is 2.10. The topological polar surface area (TPSA) is 137 Å². The average molecular weight is 252 g/mol. The Bertz CT molecular complexity index is 505. The van der Waals surface area contributed by atoms with Crippen LogP contribution in [0.2, 0.25) is 0 Å². The number of hydrogen-bond donors (Lipinski definition) is 3. The summed E-state index contributed by atoms with van der Waals surface area (Å²) in [7, 11) is 1.45. The van der Waals surface area contributed by atoms with Crippen LogP contribution >= 0.6 is 0 Å². The minimum atomic E-state index is 0.143. The Hall–Kier alpha value is -2.49. The van der Waals surface area contributed by atoms with Crippen molar-refractivity contribution in [2.45, 2.75) is 13.5 Å². The molecule has 4 N–H and O–H groups in total. The van der Waals surface area contributed by atoms with E-state index >= 15 is 0 Å². The van der Waals surface area contributed by atoms with Crippen LogP contribution in [-0.2, 0) is 6.54 Å². The van der Waals surface area contributed by atoms with Crippen LogP contribution in [0.4, 0.5) is 11.9 Å². The van der Waals surface area contributed by atoms with Crippen LogP contribution in [0.3, 0.4) is 0 Å². The summed E-state index contributed by atoms with van der Waals surface area (Å²) >= 11 is 0. The van der Waals surface area contributed by atoms with Crippen LogP contribution in [0.1, 0.15) is 11.7 Å². The summed E-state index contributed by atoms with van der Waals surface area (Å²) in [5.41, 5.74) is 2.31. The van der Waals surface area contributed by atoms with E-state index in [0.29, 0.717) is 18.3 Å². The molecule has 0 aliphatic heterocycles. The van der Waals surface area contributed by atoms with Crippen molar-refractivity contribution in [3.8, 4) is 6.01 Å². The molecule has 0 spiro atoms. The van der Waals surface area contributed by atoms with Gasteiger partial charge in [0.05, 0.1) is 13.7 Å². The maximum Gasteiger partial charge on any atom is 0.322 e. The number of nitrogens with two attached hydrogens (primary N) is 1. The van der Waals surface area contributed by atoms with E-state index in [1.54, 1.807) is 6.92 Å². The van der Waals surface area contributed by atoms with Crippen LogP contribution in [-0.4, -0.2) is 32.2 Å². The molecule has 0 saturated carbocycles. The van der Waals surface area contributed by atoms with Gasteiger partial charge in [0.15, 0.2) is 5.82 Å². The lowest BCUT2D eigenvalue weighted by molar-refractivity contribution is 0.379. The first-order chi connectivity index (χ1) is 8.71. The van der Waals surface area contributed by atoms with Crippen molar-refractivity contribution in [2.24, 2.45) is 5.84 Å². The Morgan fingerprint density at radius 3 is 2.61 bits per heavy atom. The highest BCUT2D eigenvalue weighted by atomic mass is 16.5. The Labute approximate surface area is 102 Å². The van der Waals surface area contributed by atoms with Crippen molar-refractivity contribution in [3.63, 3.8) is 0 Å². The molecule has 10 heteroatoms. The molecule has 10 nitrogen and oxygen atoms in total. The highest BCUT2D eigenvalue weighted by molar-refractivity contribution is 5.34. The molecule has 0 fully saturated rings. The van der Waals surface area contributed by atoms with Crippen LogP contribution < -0.4 is 21.3 Å². The minimum absolute atomic E-state index is 0.143. The molecule has 2 rings (SSSR count). The number of methoxy groups -OCH3 is 1. The van der Waals surface area contributed by atoms with Crippen molar-refractivity contribution in [3.05, 3.63) is 11.7 Å². The maximum atomic E-state index is 5.23. The second-order valence-electron chi connectivity index (χ2n) is 3.20. The fourth-order valence-electron chi connectivity index (χ4n) is 1.16. The Morgan fingerprint density at radius 2 is 2.00 bits per heavy atom. The number of aromatic nitrogens is 5. The van der Waals surface area contributed by atoms with Gasteiger partial charge in [0.2, 0.25) is 17.8 Å². The van der Waals surface area contributed by atoms with Gasteiger partial charge in [-0.1, -0.05) is 5.16 Å². The number of aryl methyl sites for hydroxylation is 1. The van der Waals surface area contributed by atoms with Gasteiger partial charge >= 0.3 is 6.01 Å². The molecule has 0 saturated heterocycles. The number of hydrazine groups is 1. The third-order valence-corrected chi connectivity index (χ3v) is 1.90. The predicted octanol–water partition coefficient (Wildman–Crippen LogP) is -0.531. The normalized spacial score (nSPS) is 10.2. The number of ether oxygens (including phenoxy) is 1. The first kappa shape index (κ1) is 12.0. The van der Waals surface area contributed by atoms with Crippen molar-refractivity contribution < 1.29 is 9.26 Å². The standard InChI is InChI=1S/C8H12N8O2/c1-4-11-5(16-18-4)3-10-6-12-7(15-9)14-8(13-6)17-2/h3,9H2,1-2H3,(H2,10,12,13,14,15). The molecule has 96 valence electrons. The van der Waals surface area contributed by atoms with Crippen molar-refractivity contribution >= 4 is 11.9 Å². The lowest BCUT2D eigenvalue weighted by Gasteiger charge is -2.05. The molecule has 2 aromatic rings. The smallest absolute Gasteiger partial charge is 0.322 e. The summed E-state index contributed by atoms with van der Waals surface area (Å²) in [6, 6.07) is 0.143. The van der Waals surface area contributed by atoms with Crippen molar-refractivity contribution in [1.82, 2.24) is 25.1 Å². The quantitative estimate of drug-likeness (QED) is 0.470. The fraction of sp³-hybridized carbons (Fsp3) is 0.375. The molecule has 0 amide bonds. The monoisotopic (exact) mass is 252 g/mol. The van der Waals surface area contributed by atoms with Crippen LogP contribution in [0.5, 0.6) is 6.01 Å². The fourth-order valence-corrected chi connectivity index (χ4v) is 1.16. The Morgan fingerprint density at radius 1 is 1.22 bits per heavy atom. The molecule has 0 atom stereocenters.